The molecule has 0 fully saturated rings. The molecule has 0 aromatic carbocycles. The van der Waals surface area contributed by atoms with Crippen LogP contribution in [0.4, 0.5) is 5.82 Å². The first-order valence-electron chi connectivity index (χ1n) is 7.35. The number of fused-ring (bicyclic) bond motifs is 1. The van der Waals surface area contributed by atoms with Gasteiger partial charge in [-0.3, -0.25) is 30.1 Å². The standard InChI is InChI=1S/C15H14N8O2S/c1-23-7-9(6-18-23)8-4-11-10(17-5-8)2-3-12(19-11)20-15(26)22-21-14(25)13(16)24/h2-7H,1H3,(H2,16,24)(H,21,25)(H2,19,20,22,26). The molecule has 0 spiro atoms. The van der Waals surface area contributed by atoms with Gasteiger partial charge in [-0.25, -0.2) is 4.98 Å². The number of hydrogen-bond donors (Lipinski definition) is 4. The number of hydrogen-bond acceptors (Lipinski definition) is 6. The maximum atomic E-state index is 11.1. The van der Waals surface area contributed by atoms with Gasteiger partial charge in [0.2, 0.25) is 0 Å². The molecule has 3 rings (SSSR count). The Labute approximate surface area is 152 Å². The van der Waals surface area contributed by atoms with Crippen molar-refractivity contribution in [2.24, 2.45) is 12.8 Å². The van der Waals surface area contributed by atoms with Crippen LogP contribution >= 0.6 is 12.2 Å². The van der Waals surface area contributed by atoms with Gasteiger partial charge in [-0.1, -0.05) is 0 Å². The van der Waals surface area contributed by atoms with Gasteiger partial charge in [-0.05, 0) is 30.4 Å². The first-order chi connectivity index (χ1) is 12.4. The van der Waals surface area contributed by atoms with Crippen molar-refractivity contribution in [2.45, 2.75) is 0 Å². The molecular weight excluding hydrogens is 356 g/mol. The average molecular weight is 370 g/mol. The molecule has 0 saturated heterocycles. The summed E-state index contributed by atoms with van der Waals surface area (Å²) in [5.74, 6) is -1.70. The highest BCUT2D eigenvalue weighted by atomic mass is 32.1. The van der Waals surface area contributed by atoms with Crippen LogP contribution in [0.3, 0.4) is 0 Å². The van der Waals surface area contributed by atoms with Crippen LogP contribution in [0.2, 0.25) is 0 Å². The smallest absolute Gasteiger partial charge is 0.327 e. The lowest BCUT2D eigenvalue weighted by Crippen LogP contribution is -2.48. The van der Waals surface area contributed by atoms with Crippen LogP contribution in [0.25, 0.3) is 22.2 Å². The van der Waals surface area contributed by atoms with E-state index in [-0.39, 0.29) is 5.11 Å². The van der Waals surface area contributed by atoms with Gasteiger partial charge in [0.15, 0.2) is 5.11 Å². The number of carbonyl (C=O) groups excluding carboxylic acids is 2. The number of aryl methyl sites for hydroxylation is 1. The zero-order valence-corrected chi connectivity index (χ0v) is 14.4. The summed E-state index contributed by atoms with van der Waals surface area (Å²) in [4.78, 5) is 30.5. The third-order valence-electron chi connectivity index (χ3n) is 3.33. The molecule has 0 unspecified atom stereocenters. The number of nitrogens with one attached hydrogen (secondary N) is 3. The Morgan fingerprint density at radius 1 is 1.15 bits per heavy atom. The molecule has 3 heterocycles. The molecule has 2 amide bonds. The highest BCUT2D eigenvalue weighted by Crippen LogP contribution is 2.22. The number of anilines is 1. The Hall–Kier alpha value is -3.60. The van der Waals surface area contributed by atoms with Crippen LogP contribution < -0.4 is 21.9 Å². The van der Waals surface area contributed by atoms with E-state index in [0.717, 1.165) is 11.1 Å². The van der Waals surface area contributed by atoms with Crippen molar-refractivity contribution in [3.63, 3.8) is 0 Å². The lowest BCUT2D eigenvalue weighted by Gasteiger charge is -2.10. The minimum Gasteiger partial charge on any atom is -0.361 e. The van der Waals surface area contributed by atoms with Crippen LogP contribution in [-0.2, 0) is 16.6 Å². The van der Waals surface area contributed by atoms with Gasteiger partial charge in [-0.15, -0.1) is 0 Å². The van der Waals surface area contributed by atoms with Crippen molar-refractivity contribution in [3.05, 3.63) is 36.8 Å². The van der Waals surface area contributed by atoms with Crippen LogP contribution in [0.15, 0.2) is 36.8 Å². The van der Waals surface area contributed by atoms with E-state index in [9.17, 15) is 9.59 Å². The molecule has 0 aliphatic carbocycles. The van der Waals surface area contributed by atoms with E-state index in [1.54, 1.807) is 29.2 Å². The number of nitrogens with two attached hydrogens (primary N) is 1. The first-order valence-corrected chi connectivity index (χ1v) is 7.76. The summed E-state index contributed by atoms with van der Waals surface area (Å²) < 4.78 is 1.70. The minimum atomic E-state index is -1.13. The number of amides is 2. The molecule has 5 N–H and O–H groups in total. The number of aromatic nitrogens is 4. The highest BCUT2D eigenvalue weighted by Gasteiger charge is 2.09. The van der Waals surface area contributed by atoms with Crippen LogP contribution in [0, 0.1) is 0 Å². The number of thiocarbonyl (C=S) groups is 1. The predicted molar refractivity (Wildman–Crippen MR) is 98.4 cm³/mol. The van der Waals surface area contributed by atoms with Gasteiger partial charge in [0.1, 0.15) is 5.82 Å². The molecule has 0 radical (unpaired) electrons. The van der Waals surface area contributed by atoms with Crippen LogP contribution in [0.1, 0.15) is 0 Å². The first kappa shape index (κ1) is 17.2. The molecule has 11 heteroatoms. The van der Waals surface area contributed by atoms with Gasteiger partial charge in [0, 0.05) is 30.6 Å². The molecule has 3 aromatic rings. The second-order valence-corrected chi connectivity index (χ2v) is 5.67. The normalized spacial score (nSPS) is 10.3. The third kappa shape index (κ3) is 3.89. The maximum Gasteiger partial charge on any atom is 0.327 e. The van der Waals surface area contributed by atoms with Crippen molar-refractivity contribution < 1.29 is 9.59 Å². The fraction of sp³-hybridized carbons (Fsp3) is 0.0667. The number of carbonyl (C=O) groups is 2. The average Bonchev–Trinajstić information content (AvgIpc) is 3.05. The molecule has 0 bridgehead atoms. The van der Waals surface area contributed by atoms with Crippen molar-refractivity contribution in [1.29, 1.82) is 0 Å². The Morgan fingerprint density at radius 2 is 1.96 bits per heavy atom. The van der Waals surface area contributed by atoms with Crippen LogP contribution in [-0.4, -0.2) is 36.7 Å². The highest BCUT2D eigenvalue weighted by molar-refractivity contribution is 7.80. The third-order valence-corrected chi connectivity index (χ3v) is 3.53. The van der Waals surface area contributed by atoms with Crippen molar-refractivity contribution in [1.82, 2.24) is 30.6 Å². The largest absolute Gasteiger partial charge is 0.361 e. The fourth-order valence-electron chi connectivity index (χ4n) is 2.13. The number of primary amides is 1. The summed E-state index contributed by atoms with van der Waals surface area (Å²) in [6.07, 6.45) is 5.37. The fourth-order valence-corrected chi connectivity index (χ4v) is 2.28. The van der Waals surface area contributed by atoms with Gasteiger partial charge in [-0.2, -0.15) is 5.10 Å². The number of nitrogens with zero attached hydrogens (tertiary/aromatic N) is 4. The van der Waals surface area contributed by atoms with Gasteiger partial charge in [0.25, 0.3) is 0 Å². The molecule has 0 aliphatic heterocycles. The topological polar surface area (TPSA) is 140 Å². The lowest BCUT2D eigenvalue weighted by atomic mass is 10.1. The Morgan fingerprint density at radius 3 is 2.65 bits per heavy atom. The summed E-state index contributed by atoms with van der Waals surface area (Å²) >= 11 is 5.01. The Balaban J connectivity index is 1.76. The van der Waals surface area contributed by atoms with Crippen molar-refractivity contribution in [2.75, 3.05) is 5.32 Å². The summed E-state index contributed by atoms with van der Waals surface area (Å²) in [5.41, 5.74) is 12.4. The number of rotatable bonds is 2. The van der Waals surface area contributed by atoms with E-state index >= 15 is 0 Å². The Kier molecular flexibility index (Phi) is 4.71. The van der Waals surface area contributed by atoms with E-state index in [1.165, 1.54) is 0 Å². The molecule has 0 aliphatic rings. The number of hydrazine groups is 1. The zero-order chi connectivity index (χ0) is 18.7. The molecule has 132 valence electrons. The van der Waals surface area contributed by atoms with Crippen molar-refractivity contribution in [3.8, 4) is 11.1 Å². The summed E-state index contributed by atoms with van der Waals surface area (Å²) in [7, 11) is 1.84. The second kappa shape index (κ2) is 7.11. The molecule has 0 atom stereocenters. The van der Waals surface area contributed by atoms with Gasteiger partial charge >= 0.3 is 11.8 Å². The Bertz CT molecular complexity index is 1020. The predicted octanol–water partition coefficient (Wildman–Crippen LogP) is -0.167. The molecule has 10 nitrogen and oxygen atoms in total. The number of pyridine rings is 2. The van der Waals surface area contributed by atoms with E-state index in [1.807, 2.05) is 19.3 Å². The SMILES string of the molecule is Cn1cc(-c2cnc3ccc(NC(=S)NNC(=O)C(N)=O)nc3c2)cn1. The summed E-state index contributed by atoms with van der Waals surface area (Å²) in [6, 6.07) is 5.35. The summed E-state index contributed by atoms with van der Waals surface area (Å²) in [6.45, 7) is 0. The summed E-state index contributed by atoms with van der Waals surface area (Å²) in [5, 5.41) is 6.97. The second-order valence-electron chi connectivity index (χ2n) is 5.26. The molecular formula is C15H14N8O2S. The van der Waals surface area contributed by atoms with Crippen molar-refractivity contribution >= 4 is 46.0 Å². The minimum absolute atomic E-state index is 0.0443. The van der Waals surface area contributed by atoms with Gasteiger partial charge < -0.3 is 11.1 Å². The maximum absolute atomic E-state index is 11.1. The van der Waals surface area contributed by atoms with E-state index in [4.69, 9.17) is 18.0 Å². The van der Waals surface area contributed by atoms with Crippen LogP contribution in [0.5, 0.6) is 0 Å². The monoisotopic (exact) mass is 370 g/mol. The van der Waals surface area contributed by atoms with E-state index in [0.29, 0.717) is 16.9 Å². The quantitative estimate of drug-likeness (QED) is 0.277. The van der Waals surface area contributed by atoms with E-state index < -0.39 is 11.8 Å². The molecule has 3 aromatic heterocycles. The molecule has 0 saturated carbocycles. The van der Waals surface area contributed by atoms with Gasteiger partial charge in [0.05, 0.1) is 17.2 Å². The molecule has 26 heavy (non-hydrogen) atoms. The van der Waals surface area contributed by atoms with E-state index in [2.05, 4.69) is 31.2 Å². The zero-order valence-electron chi connectivity index (χ0n) is 13.6. The lowest BCUT2D eigenvalue weighted by molar-refractivity contribution is -0.137.